The third-order valence-corrected chi connectivity index (χ3v) is 3.17. The monoisotopic (exact) mass is 209 g/mol. The van der Waals surface area contributed by atoms with Gasteiger partial charge in [0.1, 0.15) is 0 Å². The van der Waals surface area contributed by atoms with Gasteiger partial charge in [-0.2, -0.15) is 0 Å². The smallest absolute Gasteiger partial charge is 0.0409 e. The van der Waals surface area contributed by atoms with Crippen LogP contribution in [0.2, 0.25) is 5.02 Å². The first-order valence-electron chi connectivity index (χ1n) is 5.27. The van der Waals surface area contributed by atoms with Crippen molar-refractivity contribution in [2.45, 2.75) is 38.3 Å². The molecule has 1 saturated carbocycles. The summed E-state index contributed by atoms with van der Waals surface area (Å²) < 4.78 is 0. The molecular formula is C12H16ClN. The summed E-state index contributed by atoms with van der Waals surface area (Å²) in [6.45, 7) is 2.20. The van der Waals surface area contributed by atoms with Crippen LogP contribution in [0.4, 0.5) is 0 Å². The fourth-order valence-electron chi connectivity index (χ4n) is 1.80. The molecule has 0 amide bonds. The predicted octanol–water partition coefficient (Wildman–Crippen LogP) is 3.54. The molecular weight excluding hydrogens is 194 g/mol. The van der Waals surface area contributed by atoms with Gasteiger partial charge < -0.3 is 5.32 Å². The van der Waals surface area contributed by atoms with Gasteiger partial charge in [0.05, 0.1) is 0 Å². The molecule has 0 aromatic heterocycles. The summed E-state index contributed by atoms with van der Waals surface area (Å²) in [6, 6.07) is 9.24. The maximum atomic E-state index is 5.95. The zero-order valence-electron chi connectivity index (χ0n) is 8.46. The molecule has 0 aliphatic heterocycles. The van der Waals surface area contributed by atoms with E-state index in [1.165, 1.54) is 24.8 Å². The number of hydrogen-bond acceptors (Lipinski definition) is 1. The van der Waals surface area contributed by atoms with E-state index in [0.717, 1.165) is 11.1 Å². The largest absolute Gasteiger partial charge is 0.307 e. The topological polar surface area (TPSA) is 12.0 Å². The first-order valence-corrected chi connectivity index (χ1v) is 5.65. The molecule has 0 unspecified atom stereocenters. The lowest BCUT2D eigenvalue weighted by molar-refractivity contribution is 0.313. The quantitative estimate of drug-likeness (QED) is 0.803. The Morgan fingerprint density at radius 2 is 2.21 bits per heavy atom. The van der Waals surface area contributed by atoms with Crippen molar-refractivity contribution in [2.75, 3.05) is 0 Å². The normalized spacial score (nSPS) is 19.0. The molecule has 1 fully saturated rings. The Kier molecular flexibility index (Phi) is 3.09. The van der Waals surface area contributed by atoms with Crippen LogP contribution in [0, 0.1) is 0 Å². The molecule has 2 rings (SSSR count). The number of hydrogen-bond donors (Lipinski definition) is 1. The minimum atomic E-state index is 0.416. The maximum Gasteiger partial charge on any atom is 0.0409 e. The summed E-state index contributed by atoms with van der Waals surface area (Å²) >= 11 is 5.95. The van der Waals surface area contributed by atoms with Gasteiger partial charge in [-0.05, 0) is 37.5 Å². The van der Waals surface area contributed by atoms with Gasteiger partial charge in [-0.1, -0.05) is 30.2 Å². The van der Waals surface area contributed by atoms with E-state index >= 15 is 0 Å². The van der Waals surface area contributed by atoms with Crippen molar-refractivity contribution in [3.63, 3.8) is 0 Å². The average Bonchev–Trinajstić information content (AvgIpc) is 2.11. The van der Waals surface area contributed by atoms with Crippen LogP contribution >= 0.6 is 11.6 Å². The molecule has 1 aliphatic carbocycles. The van der Waals surface area contributed by atoms with E-state index in [1.54, 1.807) is 0 Å². The van der Waals surface area contributed by atoms with Crippen LogP contribution in [0.3, 0.4) is 0 Å². The van der Waals surface area contributed by atoms with Crippen LogP contribution in [-0.4, -0.2) is 6.04 Å². The molecule has 1 nitrogen and oxygen atoms in total. The molecule has 2 heteroatoms. The summed E-state index contributed by atoms with van der Waals surface area (Å²) in [7, 11) is 0. The fourth-order valence-corrected chi connectivity index (χ4v) is 2.00. The molecule has 0 spiro atoms. The Balaban J connectivity index is 1.98. The van der Waals surface area contributed by atoms with Crippen LogP contribution in [0.15, 0.2) is 24.3 Å². The Bertz CT molecular complexity index is 307. The third kappa shape index (κ3) is 2.28. The van der Waals surface area contributed by atoms with Crippen LogP contribution in [0.25, 0.3) is 0 Å². The first-order chi connectivity index (χ1) is 6.75. The second-order valence-corrected chi connectivity index (χ2v) is 4.51. The van der Waals surface area contributed by atoms with E-state index in [4.69, 9.17) is 11.6 Å². The Morgan fingerprint density at radius 1 is 1.43 bits per heavy atom. The Hall–Kier alpha value is -0.530. The van der Waals surface area contributed by atoms with E-state index in [-0.39, 0.29) is 0 Å². The Labute approximate surface area is 90.5 Å². The molecule has 0 radical (unpaired) electrons. The predicted molar refractivity (Wildman–Crippen MR) is 60.6 cm³/mol. The molecule has 0 heterocycles. The maximum absolute atomic E-state index is 5.95. The SMILES string of the molecule is C[C@@H](NC1CCC1)c1cccc(Cl)c1. The van der Waals surface area contributed by atoms with Crippen molar-refractivity contribution in [2.24, 2.45) is 0 Å². The third-order valence-electron chi connectivity index (χ3n) is 2.94. The van der Waals surface area contributed by atoms with Crippen LogP contribution < -0.4 is 5.32 Å². The highest BCUT2D eigenvalue weighted by Crippen LogP contribution is 2.23. The lowest BCUT2D eigenvalue weighted by atomic mass is 9.92. The van der Waals surface area contributed by atoms with E-state index in [1.807, 2.05) is 18.2 Å². The first kappa shape index (κ1) is 10.0. The standard InChI is InChI=1S/C12H16ClN/c1-9(14-12-6-3-7-12)10-4-2-5-11(13)8-10/h2,4-5,8-9,12,14H,3,6-7H2,1H3/t9-/m1/s1. The highest BCUT2D eigenvalue weighted by Gasteiger charge is 2.19. The number of nitrogens with one attached hydrogen (secondary N) is 1. The minimum Gasteiger partial charge on any atom is -0.307 e. The lowest BCUT2D eigenvalue weighted by Gasteiger charge is -2.30. The van der Waals surface area contributed by atoms with Crippen LogP contribution in [0.5, 0.6) is 0 Å². The van der Waals surface area contributed by atoms with E-state index < -0.39 is 0 Å². The second-order valence-electron chi connectivity index (χ2n) is 4.07. The molecule has 1 aromatic carbocycles. The summed E-state index contributed by atoms with van der Waals surface area (Å²) in [5.74, 6) is 0. The average molecular weight is 210 g/mol. The summed E-state index contributed by atoms with van der Waals surface area (Å²) in [6.07, 6.45) is 4.02. The van der Waals surface area contributed by atoms with Crippen LogP contribution in [-0.2, 0) is 0 Å². The molecule has 1 N–H and O–H groups in total. The van der Waals surface area contributed by atoms with E-state index in [9.17, 15) is 0 Å². The Morgan fingerprint density at radius 3 is 2.79 bits per heavy atom. The lowest BCUT2D eigenvalue weighted by Crippen LogP contribution is -2.36. The van der Waals surface area contributed by atoms with Crippen molar-refractivity contribution in [3.05, 3.63) is 34.9 Å². The van der Waals surface area contributed by atoms with Gasteiger partial charge in [0, 0.05) is 17.1 Å². The van der Waals surface area contributed by atoms with Gasteiger partial charge in [0.25, 0.3) is 0 Å². The van der Waals surface area contributed by atoms with Gasteiger partial charge >= 0.3 is 0 Å². The van der Waals surface area contributed by atoms with E-state index in [0.29, 0.717) is 6.04 Å². The highest BCUT2D eigenvalue weighted by atomic mass is 35.5. The molecule has 1 atom stereocenters. The molecule has 14 heavy (non-hydrogen) atoms. The number of rotatable bonds is 3. The van der Waals surface area contributed by atoms with Gasteiger partial charge in [0.2, 0.25) is 0 Å². The molecule has 76 valence electrons. The number of halogens is 1. The number of benzene rings is 1. The van der Waals surface area contributed by atoms with Gasteiger partial charge in [-0.15, -0.1) is 0 Å². The van der Waals surface area contributed by atoms with Crippen LogP contribution in [0.1, 0.15) is 37.8 Å². The summed E-state index contributed by atoms with van der Waals surface area (Å²) in [4.78, 5) is 0. The van der Waals surface area contributed by atoms with Gasteiger partial charge in [0.15, 0.2) is 0 Å². The molecule has 0 bridgehead atoms. The van der Waals surface area contributed by atoms with E-state index in [2.05, 4.69) is 18.3 Å². The zero-order valence-corrected chi connectivity index (χ0v) is 9.22. The van der Waals surface area contributed by atoms with Gasteiger partial charge in [-0.3, -0.25) is 0 Å². The van der Waals surface area contributed by atoms with Crippen molar-refractivity contribution >= 4 is 11.6 Å². The zero-order chi connectivity index (χ0) is 9.97. The fraction of sp³-hybridized carbons (Fsp3) is 0.500. The van der Waals surface area contributed by atoms with Crippen molar-refractivity contribution in [1.29, 1.82) is 0 Å². The molecule has 1 aromatic rings. The molecule has 0 saturated heterocycles. The second kappa shape index (κ2) is 4.33. The highest BCUT2D eigenvalue weighted by molar-refractivity contribution is 6.30. The molecule has 1 aliphatic rings. The van der Waals surface area contributed by atoms with Crippen molar-refractivity contribution in [3.8, 4) is 0 Å². The summed E-state index contributed by atoms with van der Waals surface area (Å²) in [5.41, 5.74) is 1.28. The van der Waals surface area contributed by atoms with Crippen molar-refractivity contribution in [1.82, 2.24) is 5.32 Å². The van der Waals surface area contributed by atoms with Gasteiger partial charge in [-0.25, -0.2) is 0 Å². The summed E-state index contributed by atoms with van der Waals surface area (Å²) in [5, 5.41) is 4.43. The minimum absolute atomic E-state index is 0.416. The van der Waals surface area contributed by atoms with Crippen molar-refractivity contribution < 1.29 is 0 Å².